The van der Waals surface area contributed by atoms with Crippen molar-refractivity contribution in [2.24, 2.45) is 0 Å². The van der Waals surface area contributed by atoms with Gasteiger partial charge in [0.05, 0.1) is 0 Å². The third kappa shape index (κ3) is 1.58. The van der Waals surface area contributed by atoms with E-state index in [4.69, 9.17) is 0 Å². The van der Waals surface area contributed by atoms with Crippen LogP contribution in [-0.2, 0) is 0 Å². The molecule has 0 spiro atoms. The summed E-state index contributed by atoms with van der Waals surface area (Å²) >= 11 is 0. The van der Waals surface area contributed by atoms with Crippen molar-refractivity contribution >= 4 is 0 Å². The van der Waals surface area contributed by atoms with Gasteiger partial charge in [0.1, 0.15) is 0 Å². The summed E-state index contributed by atoms with van der Waals surface area (Å²) in [7, 11) is 0. The normalized spacial score (nSPS) is 19.4. The Labute approximate surface area is 44.5 Å². The first-order chi connectivity index (χ1) is 3.50. The lowest BCUT2D eigenvalue weighted by atomic mass is 10.3. The van der Waals surface area contributed by atoms with Crippen molar-refractivity contribution in [3.63, 3.8) is 0 Å². The standard InChI is InChI=1S/C7H9/c1-2-4-6-7-5-3-1/h1-3,6-7H,4-5H2. The molecular weight excluding hydrogens is 84.1 g/mol. The van der Waals surface area contributed by atoms with Gasteiger partial charge >= 0.3 is 0 Å². The van der Waals surface area contributed by atoms with Crippen molar-refractivity contribution in [3.8, 4) is 0 Å². The van der Waals surface area contributed by atoms with E-state index in [1.165, 1.54) is 0 Å². The molecule has 1 rings (SSSR count). The first-order valence-corrected chi connectivity index (χ1v) is 2.63. The highest BCUT2D eigenvalue weighted by atomic mass is 13.9. The number of hydrogen-bond acceptors (Lipinski definition) is 0. The quantitative estimate of drug-likeness (QED) is 0.402. The topological polar surface area (TPSA) is 0 Å². The summed E-state index contributed by atoms with van der Waals surface area (Å²) in [5, 5.41) is 0. The van der Waals surface area contributed by atoms with E-state index in [1.807, 2.05) is 0 Å². The van der Waals surface area contributed by atoms with Crippen molar-refractivity contribution in [2.75, 3.05) is 0 Å². The van der Waals surface area contributed by atoms with Crippen LogP contribution in [0.5, 0.6) is 0 Å². The van der Waals surface area contributed by atoms with Gasteiger partial charge in [-0.05, 0) is 19.3 Å². The molecule has 1 aliphatic carbocycles. The molecule has 0 unspecified atom stereocenters. The van der Waals surface area contributed by atoms with E-state index in [-0.39, 0.29) is 0 Å². The maximum Gasteiger partial charge on any atom is -0.0133 e. The zero-order valence-corrected chi connectivity index (χ0v) is 4.30. The second-order valence-corrected chi connectivity index (χ2v) is 1.61. The van der Waals surface area contributed by atoms with E-state index in [1.54, 1.807) is 0 Å². The molecule has 0 heterocycles. The summed E-state index contributed by atoms with van der Waals surface area (Å²) in [4.78, 5) is 0. The molecule has 0 nitrogen and oxygen atoms in total. The monoisotopic (exact) mass is 93.1 g/mol. The predicted octanol–water partition coefficient (Wildman–Crippen LogP) is 2.10. The Morgan fingerprint density at radius 3 is 2.71 bits per heavy atom. The molecule has 0 aromatic heterocycles. The smallest absolute Gasteiger partial charge is 0.0133 e. The predicted molar refractivity (Wildman–Crippen MR) is 31.8 cm³/mol. The maximum absolute atomic E-state index is 2.18. The van der Waals surface area contributed by atoms with Crippen molar-refractivity contribution in [1.29, 1.82) is 0 Å². The van der Waals surface area contributed by atoms with Crippen LogP contribution in [-0.4, -0.2) is 0 Å². The third-order valence-electron chi connectivity index (χ3n) is 0.983. The number of rotatable bonds is 0. The Hall–Kier alpha value is -0.520. The molecule has 0 fully saturated rings. The van der Waals surface area contributed by atoms with Gasteiger partial charge in [-0.3, -0.25) is 0 Å². The second kappa shape index (κ2) is 2.62. The van der Waals surface area contributed by atoms with Gasteiger partial charge in [0.25, 0.3) is 0 Å². The Morgan fingerprint density at radius 2 is 1.71 bits per heavy atom. The van der Waals surface area contributed by atoms with E-state index >= 15 is 0 Å². The van der Waals surface area contributed by atoms with Crippen molar-refractivity contribution in [1.82, 2.24) is 0 Å². The minimum atomic E-state index is 1.11. The summed E-state index contributed by atoms with van der Waals surface area (Å²) in [6.07, 6.45) is 13.0. The van der Waals surface area contributed by atoms with Crippen LogP contribution in [0.4, 0.5) is 0 Å². The number of hydrogen-bond donors (Lipinski definition) is 0. The molecular formula is C7H9. The zero-order valence-electron chi connectivity index (χ0n) is 4.30. The second-order valence-electron chi connectivity index (χ2n) is 1.61. The molecule has 0 aromatic rings. The maximum atomic E-state index is 2.18. The Morgan fingerprint density at radius 1 is 0.857 bits per heavy atom. The summed E-state index contributed by atoms with van der Waals surface area (Å²) < 4.78 is 0. The lowest BCUT2D eigenvalue weighted by molar-refractivity contribution is 1.30. The van der Waals surface area contributed by atoms with Gasteiger partial charge in [0.2, 0.25) is 0 Å². The molecule has 0 aromatic carbocycles. The SMILES string of the molecule is [CH]1C=CCC=CC1. The highest BCUT2D eigenvalue weighted by molar-refractivity contribution is 5.06. The van der Waals surface area contributed by atoms with Crippen LogP contribution in [0, 0.1) is 6.42 Å². The van der Waals surface area contributed by atoms with E-state index < -0.39 is 0 Å². The molecule has 0 amide bonds. The van der Waals surface area contributed by atoms with Crippen LogP contribution in [0.1, 0.15) is 12.8 Å². The summed E-state index contributed by atoms with van der Waals surface area (Å²) in [6.45, 7) is 0. The molecule has 7 heavy (non-hydrogen) atoms. The van der Waals surface area contributed by atoms with E-state index in [2.05, 4.69) is 30.7 Å². The van der Waals surface area contributed by atoms with Crippen molar-refractivity contribution in [3.05, 3.63) is 30.7 Å². The van der Waals surface area contributed by atoms with Gasteiger partial charge < -0.3 is 0 Å². The van der Waals surface area contributed by atoms with Crippen LogP contribution < -0.4 is 0 Å². The molecule has 0 saturated heterocycles. The molecule has 1 aliphatic rings. The molecule has 0 atom stereocenters. The largest absolute Gasteiger partial charge is 0.0876 e. The third-order valence-corrected chi connectivity index (χ3v) is 0.983. The highest BCUT2D eigenvalue weighted by Crippen LogP contribution is 1.99. The molecule has 0 aliphatic heterocycles. The fraction of sp³-hybridized carbons (Fsp3) is 0.286. The number of allylic oxidation sites excluding steroid dienone is 4. The van der Waals surface area contributed by atoms with E-state index in [9.17, 15) is 0 Å². The van der Waals surface area contributed by atoms with Gasteiger partial charge in [0.15, 0.2) is 0 Å². The summed E-state index contributed by atoms with van der Waals surface area (Å²) in [6, 6.07) is 0. The van der Waals surface area contributed by atoms with Gasteiger partial charge in [-0.1, -0.05) is 24.3 Å². The first-order valence-electron chi connectivity index (χ1n) is 2.63. The van der Waals surface area contributed by atoms with Crippen LogP contribution in [0.15, 0.2) is 24.3 Å². The molecule has 37 valence electrons. The van der Waals surface area contributed by atoms with Gasteiger partial charge in [-0.15, -0.1) is 0 Å². The van der Waals surface area contributed by atoms with E-state index in [0.29, 0.717) is 0 Å². The first kappa shape index (κ1) is 4.63. The van der Waals surface area contributed by atoms with E-state index in [0.717, 1.165) is 12.8 Å². The fourth-order valence-corrected chi connectivity index (χ4v) is 0.603. The average Bonchev–Trinajstić information content (AvgIpc) is 1.90. The fourth-order valence-electron chi connectivity index (χ4n) is 0.603. The molecule has 0 bridgehead atoms. The van der Waals surface area contributed by atoms with Gasteiger partial charge in [-0.25, -0.2) is 0 Å². The summed E-state index contributed by atoms with van der Waals surface area (Å²) in [5.41, 5.74) is 0. The Kier molecular flexibility index (Phi) is 1.73. The van der Waals surface area contributed by atoms with Gasteiger partial charge in [-0.2, -0.15) is 0 Å². The highest BCUT2D eigenvalue weighted by Gasteiger charge is 1.80. The molecule has 0 saturated carbocycles. The van der Waals surface area contributed by atoms with Crippen molar-refractivity contribution in [2.45, 2.75) is 12.8 Å². The molecule has 0 heteroatoms. The van der Waals surface area contributed by atoms with Gasteiger partial charge in [0, 0.05) is 0 Å². The van der Waals surface area contributed by atoms with Crippen molar-refractivity contribution < 1.29 is 0 Å². The zero-order chi connectivity index (χ0) is 4.95. The minimum Gasteiger partial charge on any atom is -0.0876 e. The Balaban J connectivity index is 2.38. The van der Waals surface area contributed by atoms with Crippen LogP contribution >= 0.6 is 0 Å². The van der Waals surface area contributed by atoms with Crippen LogP contribution in [0.25, 0.3) is 0 Å². The summed E-state index contributed by atoms with van der Waals surface area (Å²) in [5.74, 6) is 0. The average molecular weight is 93.1 g/mol. The van der Waals surface area contributed by atoms with Crippen LogP contribution in [0.2, 0.25) is 0 Å². The molecule has 1 radical (unpaired) electrons. The lowest BCUT2D eigenvalue weighted by Crippen LogP contribution is -1.58. The lowest BCUT2D eigenvalue weighted by Gasteiger charge is -1.75. The molecule has 0 N–H and O–H groups in total. The van der Waals surface area contributed by atoms with Crippen LogP contribution in [0.3, 0.4) is 0 Å². The minimum absolute atomic E-state index is 1.11. The Bertz CT molecular complexity index is 76.2.